The highest BCUT2D eigenvalue weighted by Crippen LogP contribution is 2.33. The third-order valence-electron chi connectivity index (χ3n) is 5.36. The zero-order valence-electron chi connectivity index (χ0n) is 14.3. The summed E-state index contributed by atoms with van der Waals surface area (Å²) in [6, 6.07) is 12.4. The van der Waals surface area contributed by atoms with Gasteiger partial charge in [0.2, 0.25) is 0 Å². The van der Waals surface area contributed by atoms with Crippen LogP contribution < -0.4 is 9.80 Å². The van der Waals surface area contributed by atoms with Gasteiger partial charge in [0.05, 0.1) is 22.5 Å². The van der Waals surface area contributed by atoms with E-state index in [1.165, 1.54) is 4.90 Å². The molecule has 2 fully saturated rings. The van der Waals surface area contributed by atoms with Crippen LogP contribution in [-0.4, -0.2) is 41.2 Å². The molecule has 3 aliphatic heterocycles. The molecule has 7 heteroatoms. The molecule has 0 saturated carbocycles. The summed E-state index contributed by atoms with van der Waals surface area (Å²) in [6.45, 7) is 0.596. The highest BCUT2D eigenvalue weighted by Gasteiger charge is 2.48. The maximum Gasteiger partial charge on any atom is 0.332 e. The summed E-state index contributed by atoms with van der Waals surface area (Å²) in [5.74, 6) is -0.972. The van der Waals surface area contributed by atoms with Crippen LogP contribution in [0.3, 0.4) is 0 Å². The number of nitrogens with zero attached hydrogens (tertiary/aromatic N) is 3. The standard InChI is InChI=1S/C20H15N3O4/c24-17-14-4-1-2-5-15(14)18(25)22(17)12-7-9-13(10-8-12)23-19(26)16-6-3-11-21(16)20(23)27/h1-2,4-5,7-10,16H,3,6,11H2. The second-order valence-electron chi connectivity index (χ2n) is 6.82. The quantitative estimate of drug-likeness (QED) is 0.608. The van der Waals surface area contributed by atoms with Crippen LogP contribution in [0.25, 0.3) is 0 Å². The molecule has 3 aliphatic rings. The monoisotopic (exact) mass is 361 g/mol. The van der Waals surface area contributed by atoms with Gasteiger partial charge in [0.1, 0.15) is 6.04 Å². The van der Waals surface area contributed by atoms with Gasteiger partial charge in [-0.25, -0.2) is 14.6 Å². The zero-order chi connectivity index (χ0) is 18.7. The second kappa shape index (κ2) is 5.51. The maximum absolute atomic E-state index is 12.6. The Bertz CT molecular complexity index is 957. The first-order valence-electron chi connectivity index (χ1n) is 8.80. The molecular weight excluding hydrogens is 346 g/mol. The lowest BCUT2D eigenvalue weighted by Gasteiger charge is -2.18. The molecule has 134 valence electrons. The van der Waals surface area contributed by atoms with Crippen molar-refractivity contribution in [3.05, 3.63) is 59.7 Å². The van der Waals surface area contributed by atoms with E-state index < -0.39 is 0 Å². The van der Waals surface area contributed by atoms with Gasteiger partial charge in [0, 0.05) is 6.54 Å². The van der Waals surface area contributed by atoms with Crippen molar-refractivity contribution in [2.24, 2.45) is 0 Å². The minimum Gasteiger partial charge on any atom is -0.312 e. The van der Waals surface area contributed by atoms with Gasteiger partial charge in [0.25, 0.3) is 17.7 Å². The Morgan fingerprint density at radius 1 is 0.741 bits per heavy atom. The van der Waals surface area contributed by atoms with Crippen LogP contribution in [0.2, 0.25) is 0 Å². The number of amides is 5. The third-order valence-corrected chi connectivity index (χ3v) is 5.36. The number of carbonyl (C=O) groups is 4. The Labute approximate surface area is 154 Å². The molecule has 0 bridgehead atoms. The van der Waals surface area contributed by atoms with Gasteiger partial charge in [-0.2, -0.15) is 0 Å². The van der Waals surface area contributed by atoms with Gasteiger partial charge in [-0.3, -0.25) is 14.4 Å². The molecule has 2 aromatic rings. The number of carbonyl (C=O) groups excluding carboxylic acids is 4. The summed E-state index contributed by atoms with van der Waals surface area (Å²) in [7, 11) is 0. The van der Waals surface area contributed by atoms with Crippen molar-refractivity contribution in [2.75, 3.05) is 16.3 Å². The van der Waals surface area contributed by atoms with Crippen molar-refractivity contribution in [3.8, 4) is 0 Å². The minimum absolute atomic E-state index is 0.217. The fraction of sp³-hybridized carbons (Fsp3) is 0.200. The van der Waals surface area contributed by atoms with E-state index in [1.807, 2.05) is 0 Å². The lowest BCUT2D eigenvalue weighted by Crippen LogP contribution is -2.33. The summed E-state index contributed by atoms with van der Waals surface area (Å²) >= 11 is 0. The number of rotatable bonds is 2. The smallest absolute Gasteiger partial charge is 0.312 e. The summed E-state index contributed by atoms with van der Waals surface area (Å²) in [6.07, 6.45) is 1.53. The fourth-order valence-electron chi connectivity index (χ4n) is 4.04. The average molecular weight is 361 g/mol. The van der Waals surface area contributed by atoms with Crippen molar-refractivity contribution >= 4 is 35.1 Å². The Hall–Kier alpha value is -3.48. The van der Waals surface area contributed by atoms with Gasteiger partial charge in [-0.1, -0.05) is 12.1 Å². The molecule has 5 amide bonds. The van der Waals surface area contributed by atoms with E-state index in [9.17, 15) is 19.2 Å². The number of hydrogen-bond donors (Lipinski definition) is 0. The Morgan fingerprint density at radius 2 is 1.30 bits per heavy atom. The molecule has 1 atom stereocenters. The number of imide groups is 2. The Balaban J connectivity index is 1.45. The molecule has 0 radical (unpaired) electrons. The first kappa shape index (κ1) is 15.7. The van der Waals surface area contributed by atoms with Crippen LogP contribution in [0, 0.1) is 0 Å². The number of urea groups is 1. The van der Waals surface area contributed by atoms with Crippen LogP contribution in [0.15, 0.2) is 48.5 Å². The fourth-order valence-corrected chi connectivity index (χ4v) is 4.04. The molecule has 0 aromatic heterocycles. The predicted octanol–water partition coefficient (Wildman–Crippen LogP) is 2.42. The largest absolute Gasteiger partial charge is 0.332 e. The average Bonchev–Trinajstić information content (AvgIpc) is 3.33. The molecule has 0 spiro atoms. The van der Waals surface area contributed by atoms with E-state index in [0.717, 1.165) is 11.3 Å². The Kier molecular flexibility index (Phi) is 3.21. The highest BCUT2D eigenvalue weighted by molar-refractivity contribution is 6.34. The number of anilines is 2. The molecule has 2 aromatic carbocycles. The topological polar surface area (TPSA) is 78.0 Å². The number of fused-ring (bicyclic) bond motifs is 2. The first-order chi connectivity index (χ1) is 13.1. The van der Waals surface area contributed by atoms with Crippen molar-refractivity contribution in [3.63, 3.8) is 0 Å². The van der Waals surface area contributed by atoms with E-state index in [1.54, 1.807) is 53.4 Å². The molecule has 27 heavy (non-hydrogen) atoms. The molecule has 0 N–H and O–H groups in total. The van der Waals surface area contributed by atoms with Gasteiger partial charge in [0.15, 0.2) is 0 Å². The van der Waals surface area contributed by atoms with Crippen LogP contribution in [0.5, 0.6) is 0 Å². The zero-order valence-corrected chi connectivity index (χ0v) is 14.3. The van der Waals surface area contributed by atoms with E-state index >= 15 is 0 Å². The first-order valence-corrected chi connectivity index (χ1v) is 8.80. The van der Waals surface area contributed by atoms with Crippen molar-refractivity contribution < 1.29 is 19.2 Å². The van der Waals surface area contributed by atoms with Gasteiger partial charge < -0.3 is 4.90 Å². The van der Waals surface area contributed by atoms with Gasteiger partial charge in [-0.15, -0.1) is 0 Å². The lowest BCUT2D eigenvalue weighted by atomic mass is 10.1. The summed E-state index contributed by atoms with van der Waals surface area (Å²) < 4.78 is 0. The van der Waals surface area contributed by atoms with E-state index in [-0.39, 0.29) is 29.8 Å². The molecular formula is C20H15N3O4. The number of hydrogen-bond acceptors (Lipinski definition) is 4. The SMILES string of the molecule is O=C1c2ccccc2C(=O)N1c1ccc(N2C(=O)C3CCCN3C2=O)cc1. The summed E-state index contributed by atoms with van der Waals surface area (Å²) in [5.41, 5.74) is 1.60. The van der Waals surface area contributed by atoms with Crippen LogP contribution in [0.4, 0.5) is 16.2 Å². The van der Waals surface area contributed by atoms with Gasteiger partial charge >= 0.3 is 6.03 Å². The minimum atomic E-state index is -0.377. The third kappa shape index (κ3) is 2.08. The van der Waals surface area contributed by atoms with E-state index in [4.69, 9.17) is 0 Å². The molecule has 0 aliphatic carbocycles. The molecule has 1 unspecified atom stereocenters. The summed E-state index contributed by atoms with van der Waals surface area (Å²) in [4.78, 5) is 54.1. The predicted molar refractivity (Wildman–Crippen MR) is 96.6 cm³/mol. The summed E-state index contributed by atoms with van der Waals surface area (Å²) in [5, 5.41) is 0. The van der Waals surface area contributed by atoms with Gasteiger partial charge in [-0.05, 0) is 49.2 Å². The lowest BCUT2D eigenvalue weighted by molar-refractivity contribution is -0.119. The number of benzene rings is 2. The highest BCUT2D eigenvalue weighted by atomic mass is 16.2. The molecule has 5 rings (SSSR count). The second-order valence-corrected chi connectivity index (χ2v) is 6.82. The molecule has 7 nitrogen and oxygen atoms in total. The van der Waals surface area contributed by atoms with Crippen molar-refractivity contribution in [2.45, 2.75) is 18.9 Å². The maximum atomic E-state index is 12.6. The van der Waals surface area contributed by atoms with Crippen LogP contribution >= 0.6 is 0 Å². The molecule has 3 heterocycles. The van der Waals surface area contributed by atoms with Crippen molar-refractivity contribution in [1.29, 1.82) is 0 Å². The Morgan fingerprint density at radius 3 is 1.85 bits per heavy atom. The molecule has 2 saturated heterocycles. The van der Waals surface area contributed by atoms with Crippen LogP contribution in [-0.2, 0) is 4.79 Å². The van der Waals surface area contributed by atoms with E-state index in [0.29, 0.717) is 35.5 Å². The van der Waals surface area contributed by atoms with Crippen LogP contribution in [0.1, 0.15) is 33.6 Å². The normalized spacial score (nSPS) is 21.3. The van der Waals surface area contributed by atoms with E-state index in [2.05, 4.69) is 0 Å². The van der Waals surface area contributed by atoms with Crippen molar-refractivity contribution in [1.82, 2.24) is 4.90 Å².